The maximum absolute atomic E-state index is 4.62. The van der Waals surface area contributed by atoms with Crippen molar-refractivity contribution in [3.05, 3.63) is 83.4 Å². The van der Waals surface area contributed by atoms with Crippen LogP contribution < -0.4 is 5.32 Å². The SMILES string of the molecule is C[C@@H](NCC1=CCN=C1c1ccccc1)c1ccccc1. The Bertz CT molecular complexity index is 642. The van der Waals surface area contributed by atoms with Crippen LogP contribution in [0.25, 0.3) is 0 Å². The average Bonchev–Trinajstić information content (AvgIpc) is 3.03. The molecule has 2 aromatic rings. The summed E-state index contributed by atoms with van der Waals surface area (Å²) in [6.07, 6.45) is 2.22. The molecule has 0 bridgehead atoms. The summed E-state index contributed by atoms with van der Waals surface area (Å²) in [5.74, 6) is 0. The zero-order valence-electron chi connectivity index (χ0n) is 12.3. The van der Waals surface area contributed by atoms with Gasteiger partial charge in [-0.05, 0) is 23.6 Å². The van der Waals surface area contributed by atoms with E-state index in [9.17, 15) is 0 Å². The largest absolute Gasteiger partial charge is 0.306 e. The van der Waals surface area contributed by atoms with Crippen molar-refractivity contribution in [2.45, 2.75) is 13.0 Å². The van der Waals surface area contributed by atoms with Gasteiger partial charge in [-0.2, -0.15) is 0 Å². The topological polar surface area (TPSA) is 24.4 Å². The summed E-state index contributed by atoms with van der Waals surface area (Å²) in [4.78, 5) is 4.62. The minimum Gasteiger partial charge on any atom is -0.306 e. The predicted octanol–water partition coefficient (Wildman–Crippen LogP) is 3.77. The zero-order valence-corrected chi connectivity index (χ0v) is 12.3. The minimum absolute atomic E-state index is 0.338. The molecule has 0 aromatic heterocycles. The van der Waals surface area contributed by atoms with Crippen molar-refractivity contribution in [1.82, 2.24) is 5.32 Å². The third-order valence-electron chi connectivity index (χ3n) is 3.84. The van der Waals surface area contributed by atoms with Crippen molar-refractivity contribution in [2.75, 3.05) is 13.1 Å². The van der Waals surface area contributed by atoms with E-state index in [1.54, 1.807) is 0 Å². The maximum atomic E-state index is 4.62. The van der Waals surface area contributed by atoms with Gasteiger partial charge in [-0.3, -0.25) is 4.99 Å². The summed E-state index contributed by atoms with van der Waals surface area (Å²) in [5, 5.41) is 3.59. The van der Waals surface area contributed by atoms with Gasteiger partial charge in [0, 0.05) is 12.6 Å². The number of rotatable bonds is 5. The molecule has 0 spiro atoms. The highest BCUT2D eigenvalue weighted by Crippen LogP contribution is 2.16. The predicted molar refractivity (Wildman–Crippen MR) is 88.8 cm³/mol. The van der Waals surface area contributed by atoms with Crippen molar-refractivity contribution in [2.24, 2.45) is 4.99 Å². The fourth-order valence-corrected chi connectivity index (χ4v) is 2.60. The maximum Gasteiger partial charge on any atom is 0.0692 e. The molecule has 3 rings (SSSR count). The first kappa shape index (κ1) is 13.8. The van der Waals surface area contributed by atoms with Crippen LogP contribution in [-0.2, 0) is 0 Å². The number of nitrogens with zero attached hydrogens (tertiary/aromatic N) is 1. The standard InChI is InChI=1S/C19H20N2/c1-15(16-8-4-2-5-9-16)21-14-18-12-13-20-19(18)17-10-6-3-7-11-17/h2-12,15,21H,13-14H2,1H3/t15-/m1/s1. The van der Waals surface area contributed by atoms with Crippen molar-refractivity contribution in [1.29, 1.82) is 0 Å². The summed E-state index contributed by atoms with van der Waals surface area (Å²) in [7, 11) is 0. The van der Waals surface area contributed by atoms with Gasteiger partial charge in [0.1, 0.15) is 0 Å². The molecule has 1 atom stereocenters. The van der Waals surface area contributed by atoms with E-state index in [4.69, 9.17) is 0 Å². The molecule has 1 aliphatic rings. The molecule has 0 unspecified atom stereocenters. The Balaban J connectivity index is 1.65. The van der Waals surface area contributed by atoms with Gasteiger partial charge >= 0.3 is 0 Å². The molecule has 1 N–H and O–H groups in total. The second-order valence-corrected chi connectivity index (χ2v) is 5.30. The van der Waals surface area contributed by atoms with Crippen LogP contribution in [0.1, 0.15) is 24.1 Å². The molecular weight excluding hydrogens is 256 g/mol. The molecule has 2 aromatic carbocycles. The Hall–Kier alpha value is -2.19. The lowest BCUT2D eigenvalue weighted by atomic mass is 10.0. The lowest BCUT2D eigenvalue weighted by Crippen LogP contribution is -2.23. The molecule has 0 radical (unpaired) electrons. The fraction of sp³-hybridized carbons (Fsp3) is 0.211. The highest BCUT2D eigenvalue weighted by molar-refractivity contribution is 6.14. The molecule has 0 saturated heterocycles. The molecule has 21 heavy (non-hydrogen) atoms. The Kier molecular flexibility index (Phi) is 4.27. The molecule has 1 heterocycles. The number of hydrogen-bond donors (Lipinski definition) is 1. The van der Waals surface area contributed by atoms with Gasteiger partial charge in [-0.1, -0.05) is 66.7 Å². The lowest BCUT2D eigenvalue weighted by molar-refractivity contribution is 0.613. The first-order valence-corrected chi connectivity index (χ1v) is 7.42. The third-order valence-corrected chi connectivity index (χ3v) is 3.84. The third kappa shape index (κ3) is 3.29. The lowest BCUT2D eigenvalue weighted by Gasteiger charge is -2.15. The van der Waals surface area contributed by atoms with Crippen LogP contribution in [0.2, 0.25) is 0 Å². The Morgan fingerprint density at radius 1 is 1.00 bits per heavy atom. The van der Waals surface area contributed by atoms with Gasteiger partial charge in [0.25, 0.3) is 0 Å². The summed E-state index contributed by atoms with van der Waals surface area (Å²) in [6, 6.07) is 21.3. The Labute approximate surface area is 126 Å². The molecule has 1 aliphatic heterocycles. The van der Waals surface area contributed by atoms with E-state index in [1.165, 1.54) is 16.7 Å². The monoisotopic (exact) mass is 276 g/mol. The molecule has 2 heteroatoms. The summed E-state index contributed by atoms with van der Waals surface area (Å²) in [6.45, 7) is 3.84. The molecule has 0 aliphatic carbocycles. The van der Waals surface area contributed by atoms with Crippen LogP contribution in [0.3, 0.4) is 0 Å². The Morgan fingerprint density at radius 2 is 1.67 bits per heavy atom. The first-order valence-electron chi connectivity index (χ1n) is 7.42. The first-order chi connectivity index (χ1) is 10.3. The number of hydrogen-bond acceptors (Lipinski definition) is 2. The van der Waals surface area contributed by atoms with E-state index in [0.29, 0.717) is 6.04 Å². The van der Waals surface area contributed by atoms with Crippen molar-refractivity contribution in [3.63, 3.8) is 0 Å². The van der Waals surface area contributed by atoms with Crippen molar-refractivity contribution in [3.8, 4) is 0 Å². The highest BCUT2D eigenvalue weighted by Gasteiger charge is 2.14. The summed E-state index contributed by atoms with van der Waals surface area (Å²) in [5.41, 5.74) is 4.94. The second kappa shape index (κ2) is 6.51. The minimum atomic E-state index is 0.338. The second-order valence-electron chi connectivity index (χ2n) is 5.30. The summed E-state index contributed by atoms with van der Waals surface area (Å²) >= 11 is 0. The van der Waals surface area contributed by atoms with Crippen LogP contribution >= 0.6 is 0 Å². The average molecular weight is 276 g/mol. The number of benzene rings is 2. The van der Waals surface area contributed by atoms with Gasteiger partial charge in [0.2, 0.25) is 0 Å². The summed E-state index contributed by atoms with van der Waals surface area (Å²) < 4.78 is 0. The van der Waals surface area contributed by atoms with E-state index < -0.39 is 0 Å². The van der Waals surface area contributed by atoms with Gasteiger partial charge in [0.15, 0.2) is 0 Å². The van der Waals surface area contributed by atoms with Crippen LogP contribution in [0.4, 0.5) is 0 Å². The van der Waals surface area contributed by atoms with Crippen molar-refractivity contribution >= 4 is 5.71 Å². The van der Waals surface area contributed by atoms with Crippen molar-refractivity contribution < 1.29 is 0 Å². The van der Waals surface area contributed by atoms with Gasteiger partial charge < -0.3 is 5.32 Å². The number of aliphatic imine (C=N–C) groups is 1. The number of nitrogens with one attached hydrogen (secondary N) is 1. The van der Waals surface area contributed by atoms with Crippen LogP contribution in [0, 0.1) is 0 Å². The molecular formula is C19H20N2. The molecule has 0 saturated carbocycles. The van der Waals surface area contributed by atoms with E-state index in [1.807, 2.05) is 6.07 Å². The molecule has 2 nitrogen and oxygen atoms in total. The van der Waals surface area contributed by atoms with Crippen LogP contribution in [0.5, 0.6) is 0 Å². The van der Waals surface area contributed by atoms with E-state index in [0.717, 1.165) is 18.8 Å². The quantitative estimate of drug-likeness (QED) is 0.883. The van der Waals surface area contributed by atoms with Gasteiger partial charge in [-0.15, -0.1) is 0 Å². The van der Waals surface area contributed by atoms with E-state index in [-0.39, 0.29) is 0 Å². The Morgan fingerprint density at radius 3 is 2.38 bits per heavy atom. The zero-order chi connectivity index (χ0) is 14.5. The smallest absolute Gasteiger partial charge is 0.0692 e. The van der Waals surface area contributed by atoms with Gasteiger partial charge in [-0.25, -0.2) is 0 Å². The normalized spacial score (nSPS) is 15.5. The van der Waals surface area contributed by atoms with Crippen LogP contribution in [-0.4, -0.2) is 18.8 Å². The molecule has 106 valence electrons. The van der Waals surface area contributed by atoms with E-state index in [2.05, 4.69) is 77.9 Å². The molecule has 0 fully saturated rings. The molecule has 0 amide bonds. The highest BCUT2D eigenvalue weighted by atomic mass is 14.9. The van der Waals surface area contributed by atoms with E-state index >= 15 is 0 Å². The fourth-order valence-electron chi connectivity index (χ4n) is 2.60. The van der Waals surface area contributed by atoms with Crippen LogP contribution in [0.15, 0.2) is 77.3 Å². The van der Waals surface area contributed by atoms with Gasteiger partial charge in [0.05, 0.1) is 12.3 Å².